The third-order valence-corrected chi connectivity index (χ3v) is 2.82. The van der Waals surface area contributed by atoms with Gasteiger partial charge >= 0.3 is 0 Å². The van der Waals surface area contributed by atoms with Gasteiger partial charge < -0.3 is 14.7 Å². The Morgan fingerprint density at radius 1 is 1.21 bits per heavy atom. The predicted molar refractivity (Wildman–Crippen MR) is 74.4 cm³/mol. The van der Waals surface area contributed by atoms with E-state index in [9.17, 15) is 0 Å². The summed E-state index contributed by atoms with van der Waals surface area (Å²) in [5.74, 6) is 1.40. The van der Waals surface area contributed by atoms with Crippen LogP contribution in [0.2, 0.25) is 0 Å². The third kappa shape index (κ3) is 3.20. The molecule has 2 aromatic rings. The van der Waals surface area contributed by atoms with Crippen molar-refractivity contribution >= 4 is 5.95 Å². The molecule has 0 saturated carbocycles. The normalized spacial score (nSPS) is 10.3. The molecule has 5 heteroatoms. The smallest absolute Gasteiger partial charge is 0.225 e. The zero-order valence-corrected chi connectivity index (χ0v) is 11.1. The summed E-state index contributed by atoms with van der Waals surface area (Å²) in [7, 11) is 3.49. The number of aliphatic hydroxyl groups is 1. The number of hydrogen-bond donors (Lipinski definition) is 1. The zero-order valence-electron chi connectivity index (χ0n) is 11.1. The van der Waals surface area contributed by atoms with E-state index in [1.807, 2.05) is 31.3 Å². The van der Waals surface area contributed by atoms with E-state index in [1.165, 1.54) is 0 Å². The van der Waals surface area contributed by atoms with Crippen LogP contribution in [0.25, 0.3) is 11.1 Å². The third-order valence-electron chi connectivity index (χ3n) is 2.82. The number of nitrogens with zero attached hydrogens (tertiary/aromatic N) is 3. The van der Waals surface area contributed by atoms with Crippen LogP contribution in [0.1, 0.15) is 0 Å². The van der Waals surface area contributed by atoms with Crippen LogP contribution in [0.5, 0.6) is 5.75 Å². The molecule has 0 aliphatic rings. The van der Waals surface area contributed by atoms with Gasteiger partial charge in [0.25, 0.3) is 0 Å². The lowest BCUT2D eigenvalue weighted by Gasteiger charge is -2.15. The first-order valence-corrected chi connectivity index (χ1v) is 6.03. The Kier molecular flexibility index (Phi) is 4.30. The number of anilines is 1. The number of aliphatic hydroxyl groups excluding tert-OH is 1. The van der Waals surface area contributed by atoms with Gasteiger partial charge in [0.2, 0.25) is 5.95 Å². The van der Waals surface area contributed by atoms with Crippen LogP contribution in [0.15, 0.2) is 36.7 Å². The van der Waals surface area contributed by atoms with Crippen LogP contribution in [-0.2, 0) is 0 Å². The van der Waals surface area contributed by atoms with Gasteiger partial charge in [-0.05, 0) is 17.7 Å². The van der Waals surface area contributed by atoms with Gasteiger partial charge in [-0.2, -0.15) is 0 Å². The van der Waals surface area contributed by atoms with Crippen LogP contribution in [0.4, 0.5) is 5.95 Å². The summed E-state index contributed by atoms with van der Waals surface area (Å²) >= 11 is 0. The highest BCUT2D eigenvalue weighted by atomic mass is 16.5. The van der Waals surface area contributed by atoms with Gasteiger partial charge in [0, 0.05) is 31.5 Å². The monoisotopic (exact) mass is 259 g/mol. The highest BCUT2D eigenvalue weighted by Crippen LogP contribution is 2.23. The molecule has 1 heterocycles. The minimum Gasteiger partial charge on any atom is -0.497 e. The summed E-state index contributed by atoms with van der Waals surface area (Å²) in [5.41, 5.74) is 1.94. The molecule has 0 saturated heterocycles. The van der Waals surface area contributed by atoms with E-state index < -0.39 is 0 Å². The number of hydrogen-bond acceptors (Lipinski definition) is 5. The van der Waals surface area contributed by atoms with Crippen molar-refractivity contribution in [1.29, 1.82) is 0 Å². The molecule has 5 nitrogen and oxygen atoms in total. The number of likely N-dealkylation sites (N-methyl/N-ethyl adjacent to an activating group) is 1. The molecule has 1 aromatic carbocycles. The van der Waals surface area contributed by atoms with E-state index in [0.29, 0.717) is 12.5 Å². The molecule has 0 atom stereocenters. The highest BCUT2D eigenvalue weighted by Gasteiger charge is 2.05. The van der Waals surface area contributed by atoms with Gasteiger partial charge in [0.15, 0.2) is 0 Å². The van der Waals surface area contributed by atoms with E-state index in [1.54, 1.807) is 24.4 Å². The van der Waals surface area contributed by atoms with Crippen molar-refractivity contribution in [2.45, 2.75) is 0 Å². The van der Waals surface area contributed by atoms with E-state index in [0.717, 1.165) is 16.9 Å². The number of aromatic nitrogens is 2. The SMILES string of the molecule is COc1cccc(-c2cnc(N(C)CCO)nc2)c1. The summed E-state index contributed by atoms with van der Waals surface area (Å²) in [6.45, 7) is 0.593. The molecule has 0 radical (unpaired) electrons. The van der Waals surface area contributed by atoms with Crippen LogP contribution in [0.3, 0.4) is 0 Å². The molecule has 19 heavy (non-hydrogen) atoms. The van der Waals surface area contributed by atoms with Crippen molar-refractivity contribution < 1.29 is 9.84 Å². The van der Waals surface area contributed by atoms with Crippen LogP contribution in [0, 0.1) is 0 Å². The first kappa shape index (κ1) is 13.3. The van der Waals surface area contributed by atoms with E-state index in [2.05, 4.69) is 9.97 Å². The molecular weight excluding hydrogens is 242 g/mol. The average molecular weight is 259 g/mol. The first-order chi connectivity index (χ1) is 9.24. The fraction of sp³-hybridized carbons (Fsp3) is 0.286. The number of ether oxygens (including phenoxy) is 1. The number of methoxy groups -OCH3 is 1. The van der Waals surface area contributed by atoms with E-state index in [4.69, 9.17) is 9.84 Å². The molecule has 100 valence electrons. The molecular formula is C14H17N3O2. The fourth-order valence-corrected chi connectivity index (χ4v) is 1.72. The van der Waals surface area contributed by atoms with Gasteiger partial charge in [-0.15, -0.1) is 0 Å². The summed E-state index contributed by atoms with van der Waals surface area (Å²) < 4.78 is 5.19. The quantitative estimate of drug-likeness (QED) is 0.883. The van der Waals surface area contributed by atoms with Gasteiger partial charge in [0.05, 0.1) is 13.7 Å². The Balaban J connectivity index is 2.22. The molecule has 0 fully saturated rings. The Bertz CT molecular complexity index is 528. The van der Waals surface area contributed by atoms with Crippen LogP contribution in [-0.4, -0.2) is 42.4 Å². The molecule has 0 amide bonds. The van der Waals surface area contributed by atoms with Crippen LogP contribution < -0.4 is 9.64 Å². The van der Waals surface area contributed by atoms with Gasteiger partial charge in [0.1, 0.15) is 5.75 Å². The molecule has 1 N–H and O–H groups in total. The molecule has 0 aliphatic heterocycles. The first-order valence-electron chi connectivity index (χ1n) is 6.03. The van der Waals surface area contributed by atoms with Crippen molar-refractivity contribution in [2.75, 3.05) is 32.2 Å². The Morgan fingerprint density at radius 2 is 1.95 bits per heavy atom. The molecule has 0 bridgehead atoms. The summed E-state index contributed by atoms with van der Waals surface area (Å²) in [4.78, 5) is 10.4. The van der Waals surface area contributed by atoms with E-state index in [-0.39, 0.29) is 6.61 Å². The predicted octanol–water partition coefficient (Wildman–Crippen LogP) is 1.58. The van der Waals surface area contributed by atoms with Crippen molar-refractivity contribution in [1.82, 2.24) is 9.97 Å². The Labute approximate surface area is 112 Å². The minimum atomic E-state index is 0.0808. The second-order valence-electron chi connectivity index (χ2n) is 4.15. The molecule has 0 unspecified atom stereocenters. The maximum atomic E-state index is 8.88. The lowest BCUT2D eigenvalue weighted by atomic mass is 10.1. The number of benzene rings is 1. The fourth-order valence-electron chi connectivity index (χ4n) is 1.72. The average Bonchev–Trinajstić information content (AvgIpc) is 2.48. The lowest BCUT2D eigenvalue weighted by Crippen LogP contribution is -2.23. The van der Waals surface area contributed by atoms with Gasteiger partial charge in [-0.3, -0.25) is 0 Å². The minimum absolute atomic E-state index is 0.0808. The largest absolute Gasteiger partial charge is 0.497 e. The van der Waals surface area contributed by atoms with E-state index >= 15 is 0 Å². The topological polar surface area (TPSA) is 58.5 Å². The second kappa shape index (κ2) is 6.15. The summed E-state index contributed by atoms with van der Waals surface area (Å²) in [5, 5.41) is 8.88. The Hall–Kier alpha value is -2.14. The maximum Gasteiger partial charge on any atom is 0.225 e. The summed E-state index contributed by atoms with van der Waals surface area (Å²) in [6.07, 6.45) is 3.54. The van der Waals surface area contributed by atoms with Crippen molar-refractivity contribution in [3.05, 3.63) is 36.7 Å². The van der Waals surface area contributed by atoms with Crippen molar-refractivity contribution in [2.24, 2.45) is 0 Å². The van der Waals surface area contributed by atoms with Crippen LogP contribution >= 0.6 is 0 Å². The maximum absolute atomic E-state index is 8.88. The number of rotatable bonds is 5. The lowest BCUT2D eigenvalue weighted by molar-refractivity contribution is 0.303. The Morgan fingerprint density at radius 3 is 2.58 bits per heavy atom. The van der Waals surface area contributed by atoms with Crippen molar-refractivity contribution in [3.8, 4) is 16.9 Å². The van der Waals surface area contributed by atoms with Gasteiger partial charge in [-0.25, -0.2) is 9.97 Å². The summed E-state index contributed by atoms with van der Waals surface area (Å²) in [6, 6.07) is 7.75. The molecule has 0 spiro atoms. The zero-order chi connectivity index (χ0) is 13.7. The van der Waals surface area contributed by atoms with Gasteiger partial charge in [-0.1, -0.05) is 12.1 Å². The molecule has 0 aliphatic carbocycles. The molecule has 2 rings (SSSR count). The van der Waals surface area contributed by atoms with Crippen molar-refractivity contribution in [3.63, 3.8) is 0 Å². The highest BCUT2D eigenvalue weighted by molar-refractivity contribution is 5.63. The second-order valence-corrected chi connectivity index (χ2v) is 4.15. The standard InChI is InChI=1S/C14H17N3O2/c1-17(6-7-18)14-15-9-12(10-16-14)11-4-3-5-13(8-11)19-2/h3-5,8-10,18H,6-7H2,1-2H3. The molecule has 1 aromatic heterocycles.